The van der Waals surface area contributed by atoms with Gasteiger partial charge < -0.3 is 10.4 Å². The summed E-state index contributed by atoms with van der Waals surface area (Å²) in [5.74, 6) is -0.721. The molecule has 2 N–H and O–H groups in total. The van der Waals surface area contributed by atoms with E-state index < -0.39 is 36.3 Å². The van der Waals surface area contributed by atoms with Crippen LogP contribution in [0.2, 0.25) is 0 Å². The molecule has 0 radical (unpaired) electrons. The molecule has 1 aliphatic heterocycles. The summed E-state index contributed by atoms with van der Waals surface area (Å²) in [6.07, 6.45) is -7.01. The SMILES string of the molecule is CCC1(CC)NC(=O)N(C[C@@H](O)C(F)(F)F)C1=O. The van der Waals surface area contributed by atoms with Gasteiger partial charge in [0.05, 0.1) is 6.54 Å². The fourth-order valence-corrected chi connectivity index (χ4v) is 1.85. The van der Waals surface area contributed by atoms with E-state index in [2.05, 4.69) is 5.32 Å². The Bertz CT molecular complexity index is 353. The van der Waals surface area contributed by atoms with E-state index in [1.54, 1.807) is 13.8 Å². The first-order valence-electron chi connectivity index (χ1n) is 5.57. The Morgan fingerprint density at radius 3 is 2.17 bits per heavy atom. The van der Waals surface area contributed by atoms with E-state index in [0.717, 1.165) is 0 Å². The number of alkyl halides is 3. The Morgan fingerprint density at radius 1 is 1.33 bits per heavy atom. The minimum Gasteiger partial charge on any atom is -0.382 e. The van der Waals surface area contributed by atoms with Gasteiger partial charge in [0.15, 0.2) is 6.10 Å². The molecular formula is C10H15F3N2O3. The first-order valence-corrected chi connectivity index (χ1v) is 5.57. The Morgan fingerprint density at radius 2 is 1.83 bits per heavy atom. The second-order valence-corrected chi connectivity index (χ2v) is 4.19. The Balaban J connectivity index is 2.86. The second kappa shape index (κ2) is 4.75. The number of aliphatic hydroxyl groups excluding tert-OH is 1. The number of urea groups is 1. The molecule has 1 atom stereocenters. The number of hydrogen-bond donors (Lipinski definition) is 2. The van der Waals surface area contributed by atoms with E-state index in [-0.39, 0.29) is 12.8 Å². The van der Waals surface area contributed by atoms with Gasteiger partial charge in [-0.25, -0.2) is 4.79 Å². The van der Waals surface area contributed by atoms with Crippen molar-refractivity contribution in [2.24, 2.45) is 0 Å². The van der Waals surface area contributed by atoms with Crippen molar-refractivity contribution in [1.29, 1.82) is 0 Å². The molecule has 1 fully saturated rings. The van der Waals surface area contributed by atoms with Crippen molar-refractivity contribution >= 4 is 11.9 Å². The Hall–Kier alpha value is -1.31. The average molecular weight is 268 g/mol. The highest BCUT2D eigenvalue weighted by Gasteiger charge is 2.51. The summed E-state index contributed by atoms with van der Waals surface area (Å²) in [4.78, 5) is 23.8. The Kier molecular flexibility index (Phi) is 3.89. The highest BCUT2D eigenvalue weighted by Crippen LogP contribution is 2.27. The number of nitrogens with zero attached hydrogens (tertiary/aromatic N) is 1. The number of aliphatic hydroxyl groups is 1. The van der Waals surface area contributed by atoms with Crippen LogP contribution in [0.4, 0.5) is 18.0 Å². The van der Waals surface area contributed by atoms with Crippen molar-refractivity contribution in [3.05, 3.63) is 0 Å². The van der Waals surface area contributed by atoms with Crippen molar-refractivity contribution in [2.45, 2.75) is 44.5 Å². The van der Waals surface area contributed by atoms with E-state index >= 15 is 0 Å². The van der Waals surface area contributed by atoms with Crippen molar-refractivity contribution in [1.82, 2.24) is 10.2 Å². The fourth-order valence-electron chi connectivity index (χ4n) is 1.85. The van der Waals surface area contributed by atoms with E-state index in [0.29, 0.717) is 4.90 Å². The molecule has 0 aromatic carbocycles. The number of rotatable bonds is 4. The van der Waals surface area contributed by atoms with Crippen LogP contribution in [0.25, 0.3) is 0 Å². The molecule has 18 heavy (non-hydrogen) atoms. The van der Waals surface area contributed by atoms with Gasteiger partial charge in [0.1, 0.15) is 5.54 Å². The molecule has 0 saturated carbocycles. The molecule has 104 valence electrons. The maximum Gasteiger partial charge on any atom is 0.416 e. The lowest BCUT2D eigenvalue weighted by atomic mass is 9.93. The predicted molar refractivity (Wildman–Crippen MR) is 55.6 cm³/mol. The van der Waals surface area contributed by atoms with E-state index in [1.807, 2.05) is 0 Å². The number of imide groups is 1. The summed E-state index contributed by atoms with van der Waals surface area (Å²) < 4.78 is 36.6. The third-order valence-electron chi connectivity index (χ3n) is 3.19. The van der Waals surface area contributed by atoms with Crippen LogP contribution >= 0.6 is 0 Å². The van der Waals surface area contributed by atoms with Gasteiger partial charge in [-0.05, 0) is 12.8 Å². The second-order valence-electron chi connectivity index (χ2n) is 4.19. The highest BCUT2D eigenvalue weighted by molar-refractivity contribution is 6.07. The average Bonchev–Trinajstić information content (AvgIpc) is 2.52. The summed E-state index contributed by atoms with van der Waals surface area (Å²) in [5, 5.41) is 11.3. The van der Waals surface area contributed by atoms with Crippen LogP contribution in [0.5, 0.6) is 0 Å². The summed E-state index contributed by atoms with van der Waals surface area (Å²) in [6.45, 7) is 2.24. The third-order valence-corrected chi connectivity index (χ3v) is 3.19. The molecular weight excluding hydrogens is 253 g/mol. The summed E-state index contributed by atoms with van der Waals surface area (Å²) in [7, 11) is 0. The molecule has 5 nitrogen and oxygen atoms in total. The fraction of sp³-hybridized carbons (Fsp3) is 0.800. The zero-order valence-corrected chi connectivity index (χ0v) is 10.0. The molecule has 8 heteroatoms. The molecule has 1 aliphatic rings. The molecule has 0 aliphatic carbocycles. The predicted octanol–water partition coefficient (Wildman–Crippen LogP) is 1.02. The first-order chi connectivity index (χ1) is 8.18. The molecule has 3 amide bonds. The van der Waals surface area contributed by atoms with Crippen molar-refractivity contribution in [3.8, 4) is 0 Å². The maximum atomic E-state index is 12.2. The quantitative estimate of drug-likeness (QED) is 0.748. The summed E-state index contributed by atoms with van der Waals surface area (Å²) >= 11 is 0. The van der Waals surface area contributed by atoms with Gasteiger partial charge in [-0.15, -0.1) is 0 Å². The smallest absolute Gasteiger partial charge is 0.382 e. The Labute approximate surface area is 102 Å². The molecule has 1 saturated heterocycles. The number of β-amino-alcohol motifs (C(OH)–C–C–N with tert-alkyl or cyclic N) is 1. The van der Waals surface area contributed by atoms with Crippen LogP contribution in [-0.2, 0) is 4.79 Å². The first kappa shape index (κ1) is 14.7. The number of hydrogen-bond acceptors (Lipinski definition) is 3. The minimum atomic E-state index is -4.86. The van der Waals surface area contributed by atoms with Gasteiger partial charge >= 0.3 is 12.2 Å². The van der Waals surface area contributed by atoms with Gasteiger partial charge in [-0.3, -0.25) is 9.69 Å². The third kappa shape index (κ3) is 2.43. The van der Waals surface area contributed by atoms with Gasteiger partial charge in [0.25, 0.3) is 5.91 Å². The number of carbonyl (C=O) groups excluding carboxylic acids is 2. The van der Waals surface area contributed by atoms with Crippen LogP contribution in [0.1, 0.15) is 26.7 Å². The van der Waals surface area contributed by atoms with Gasteiger partial charge in [0, 0.05) is 0 Å². The molecule has 0 bridgehead atoms. The lowest BCUT2D eigenvalue weighted by molar-refractivity contribution is -0.206. The number of nitrogens with one attached hydrogen (secondary N) is 1. The molecule has 0 aromatic heterocycles. The zero-order valence-electron chi connectivity index (χ0n) is 10.0. The van der Waals surface area contributed by atoms with E-state index in [1.165, 1.54) is 0 Å². The van der Waals surface area contributed by atoms with Crippen molar-refractivity contribution in [3.63, 3.8) is 0 Å². The number of carbonyl (C=O) groups is 2. The molecule has 0 spiro atoms. The normalized spacial score (nSPS) is 21.1. The molecule has 1 rings (SSSR count). The lowest BCUT2D eigenvalue weighted by Gasteiger charge is -2.24. The van der Waals surface area contributed by atoms with Crippen LogP contribution in [0.15, 0.2) is 0 Å². The highest BCUT2D eigenvalue weighted by atomic mass is 19.4. The molecule has 1 heterocycles. The lowest BCUT2D eigenvalue weighted by Crippen LogP contribution is -2.47. The molecule has 0 aromatic rings. The maximum absolute atomic E-state index is 12.2. The van der Waals surface area contributed by atoms with Gasteiger partial charge in [0.2, 0.25) is 0 Å². The number of amides is 3. The minimum absolute atomic E-state index is 0.284. The molecule has 0 unspecified atom stereocenters. The summed E-state index contributed by atoms with van der Waals surface area (Å²) in [6, 6.07) is -0.896. The topological polar surface area (TPSA) is 69.6 Å². The van der Waals surface area contributed by atoms with Crippen LogP contribution in [-0.4, -0.2) is 46.3 Å². The van der Waals surface area contributed by atoms with Gasteiger partial charge in [-0.1, -0.05) is 13.8 Å². The van der Waals surface area contributed by atoms with Crippen molar-refractivity contribution < 1.29 is 27.9 Å². The van der Waals surface area contributed by atoms with Crippen LogP contribution in [0.3, 0.4) is 0 Å². The summed E-state index contributed by atoms with van der Waals surface area (Å²) in [5.41, 5.74) is -1.15. The monoisotopic (exact) mass is 268 g/mol. The van der Waals surface area contributed by atoms with E-state index in [4.69, 9.17) is 5.11 Å². The van der Waals surface area contributed by atoms with Crippen LogP contribution < -0.4 is 5.32 Å². The standard InChI is InChI=1S/C10H15F3N2O3/c1-3-9(4-2)7(17)15(8(18)14-9)5-6(16)10(11,12)13/h6,16H,3-5H2,1-2H3,(H,14,18)/t6-/m1/s1. The van der Waals surface area contributed by atoms with E-state index in [9.17, 15) is 22.8 Å². The zero-order chi connectivity index (χ0) is 14.1. The number of halogens is 3. The van der Waals surface area contributed by atoms with Crippen molar-refractivity contribution in [2.75, 3.05) is 6.54 Å². The van der Waals surface area contributed by atoms with Gasteiger partial charge in [-0.2, -0.15) is 13.2 Å². The van der Waals surface area contributed by atoms with Crippen LogP contribution in [0, 0.1) is 0 Å². The largest absolute Gasteiger partial charge is 0.416 e.